The van der Waals surface area contributed by atoms with Crippen molar-refractivity contribution in [2.45, 2.75) is 37.8 Å². The van der Waals surface area contributed by atoms with Gasteiger partial charge in [-0.25, -0.2) is 13.4 Å². The van der Waals surface area contributed by atoms with Gasteiger partial charge in [-0.1, -0.05) is 0 Å². The lowest BCUT2D eigenvalue weighted by atomic mass is 10.3. The van der Waals surface area contributed by atoms with E-state index in [1.807, 2.05) is 11.5 Å². The number of imidazole rings is 1. The first-order valence-corrected chi connectivity index (χ1v) is 10.7. The Kier molecular flexibility index (Phi) is 4.92. The molecule has 1 aromatic heterocycles. The van der Waals surface area contributed by atoms with Gasteiger partial charge in [0.15, 0.2) is 0 Å². The van der Waals surface area contributed by atoms with Crippen LogP contribution in [0.3, 0.4) is 0 Å². The molecule has 27 heavy (non-hydrogen) atoms. The number of hydrogen-bond donors (Lipinski definition) is 0. The summed E-state index contributed by atoms with van der Waals surface area (Å²) in [5, 5.41) is 0. The first-order chi connectivity index (χ1) is 13.0. The highest BCUT2D eigenvalue weighted by atomic mass is 32.2. The highest BCUT2D eigenvalue weighted by molar-refractivity contribution is 7.89. The lowest BCUT2D eigenvalue weighted by Gasteiger charge is -2.26. The third-order valence-corrected chi connectivity index (χ3v) is 6.87. The Labute approximate surface area is 158 Å². The zero-order valence-corrected chi connectivity index (χ0v) is 16.1. The van der Waals surface area contributed by atoms with Crippen molar-refractivity contribution in [2.24, 2.45) is 5.92 Å². The van der Waals surface area contributed by atoms with E-state index in [0.717, 1.165) is 18.4 Å². The SMILES string of the molecule is CCn1c(COC(=O)C2CC2)nc2cc(S(=O)(=O)N3CCOCC3)ccc21. The topological polar surface area (TPSA) is 90.7 Å². The fourth-order valence-corrected chi connectivity index (χ4v) is 4.72. The summed E-state index contributed by atoms with van der Waals surface area (Å²) in [7, 11) is -3.57. The Balaban J connectivity index is 1.62. The van der Waals surface area contributed by atoms with Crippen LogP contribution >= 0.6 is 0 Å². The Morgan fingerprint density at radius 1 is 1.30 bits per heavy atom. The Hall–Kier alpha value is -1.97. The molecule has 0 bridgehead atoms. The number of esters is 1. The smallest absolute Gasteiger partial charge is 0.309 e. The molecule has 1 aliphatic heterocycles. The number of carbonyl (C=O) groups excluding carboxylic acids is 1. The van der Waals surface area contributed by atoms with Crippen LogP contribution in [0.5, 0.6) is 0 Å². The number of morpholine rings is 1. The van der Waals surface area contributed by atoms with Gasteiger partial charge in [-0.3, -0.25) is 4.79 Å². The van der Waals surface area contributed by atoms with Gasteiger partial charge in [0.05, 0.1) is 35.1 Å². The van der Waals surface area contributed by atoms with Crippen LogP contribution < -0.4 is 0 Å². The summed E-state index contributed by atoms with van der Waals surface area (Å²) in [5.41, 5.74) is 1.42. The standard InChI is InChI=1S/C18H23N3O5S/c1-2-21-16-6-5-14(27(23,24)20-7-9-25-10-8-20)11-15(16)19-17(21)12-26-18(22)13-3-4-13/h5-6,11,13H,2-4,7-10,12H2,1H3. The first-order valence-electron chi connectivity index (χ1n) is 9.24. The number of nitrogens with zero attached hydrogens (tertiary/aromatic N) is 3. The lowest BCUT2D eigenvalue weighted by Crippen LogP contribution is -2.40. The van der Waals surface area contributed by atoms with E-state index in [9.17, 15) is 13.2 Å². The van der Waals surface area contributed by atoms with Crippen LogP contribution in [-0.2, 0) is 37.4 Å². The minimum atomic E-state index is -3.57. The van der Waals surface area contributed by atoms with Crippen LogP contribution in [0.1, 0.15) is 25.6 Å². The van der Waals surface area contributed by atoms with E-state index in [0.29, 0.717) is 44.2 Å². The van der Waals surface area contributed by atoms with Crippen LogP contribution in [0, 0.1) is 5.92 Å². The molecule has 0 atom stereocenters. The second kappa shape index (κ2) is 7.21. The van der Waals surface area contributed by atoms with E-state index in [1.165, 1.54) is 4.31 Å². The number of hydrogen-bond acceptors (Lipinski definition) is 6. The molecular weight excluding hydrogens is 370 g/mol. The molecule has 1 saturated heterocycles. The van der Waals surface area contributed by atoms with Crippen molar-refractivity contribution in [1.29, 1.82) is 0 Å². The number of aromatic nitrogens is 2. The summed E-state index contributed by atoms with van der Waals surface area (Å²) >= 11 is 0. The van der Waals surface area contributed by atoms with Crippen molar-refractivity contribution in [3.63, 3.8) is 0 Å². The summed E-state index contributed by atoms with van der Waals surface area (Å²) in [5.74, 6) is 0.484. The van der Waals surface area contributed by atoms with Crippen LogP contribution in [0.4, 0.5) is 0 Å². The van der Waals surface area contributed by atoms with E-state index in [1.54, 1.807) is 18.2 Å². The second-order valence-electron chi connectivity index (χ2n) is 6.82. The van der Waals surface area contributed by atoms with Crippen LogP contribution in [-0.4, -0.2) is 54.5 Å². The number of sulfonamides is 1. The fourth-order valence-electron chi connectivity index (χ4n) is 3.29. The van der Waals surface area contributed by atoms with Gasteiger partial charge in [0.2, 0.25) is 10.0 Å². The predicted molar refractivity (Wildman–Crippen MR) is 97.5 cm³/mol. The second-order valence-corrected chi connectivity index (χ2v) is 8.76. The monoisotopic (exact) mass is 393 g/mol. The van der Waals surface area contributed by atoms with Gasteiger partial charge in [-0.05, 0) is 38.0 Å². The summed E-state index contributed by atoms with van der Waals surface area (Å²) in [4.78, 5) is 16.6. The van der Waals surface area contributed by atoms with Gasteiger partial charge in [-0.2, -0.15) is 4.31 Å². The summed E-state index contributed by atoms with van der Waals surface area (Å²) in [6.07, 6.45) is 1.79. The van der Waals surface area contributed by atoms with Crippen molar-refractivity contribution in [2.75, 3.05) is 26.3 Å². The van der Waals surface area contributed by atoms with Crippen molar-refractivity contribution >= 4 is 27.0 Å². The van der Waals surface area contributed by atoms with Gasteiger partial charge in [0.25, 0.3) is 0 Å². The van der Waals surface area contributed by atoms with E-state index < -0.39 is 10.0 Å². The van der Waals surface area contributed by atoms with Crippen molar-refractivity contribution in [3.8, 4) is 0 Å². The number of carbonyl (C=O) groups is 1. The number of benzene rings is 1. The quantitative estimate of drug-likeness (QED) is 0.692. The van der Waals surface area contributed by atoms with Gasteiger partial charge in [-0.15, -0.1) is 0 Å². The first kappa shape index (κ1) is 18.4. The number of aryl methyl sites for hydroxylation is 1. The summed E-state index contributed by atoms with van der Waals surface area (Å²) < 4.78 is 39.7. The Bertz CT molecular complexity index is 959. The maximum atomic E-state index is 12.9. The molecule has 0 N–H and O–H groups in total. The van der Waals surface area contributed by atoms with E-state index in [-0.39, 0.29) is 23.4 Å². The van der Waals surface area contributed by atoms with Crippen molar-refractivity contribution in [1.82, 2.24) is 13.9 Å². The third-order valence-electron chi connectivity index (χ3n) is 4.98. The number of fused-ring (bicyclic) bond motifs is 1. The molecule has 2 heterocycles. The summed E-state index contributed by atoms with van der Waals surface area (Å²) in [6.45, 7) is 4.25. The normalized spacial score (nSPS) is 18.7. The molecule has 9 heteroatoms. The Morgan fingerprint density at radius 2 is 2.04 bits per heavy atom. The van der Waals surface area contributed by atoms with Gasteiger partial charge >= 0.3 is 5.97 Å². The average Bonchev–Trinajstić information content (AvgIpc) is 3.47. The maximum Gasteiger partial charge on any atom is 0.309 e. The van der Waals surface area contributed by atoms with E-state index in [4.69, 9.17) is 9.47 Å². The molecule has 0 spiro atoms. The molecule has 2 aromatic rings. The number of rotatable bonds is 6. The third kappa shape index (κ3) is 3.59. The molecule has 2 fully saturated rings. The largest absolute Gasteiger partial charge is 0.457 e. The van der Waals surface area contributed by atoms with Crippen LogP contribution in [0.15, 0.2) is 23.1 Å². The van der Waals surface area contributed by atoms with Crippen molar-refractivity contribution < 1.29 is 22.7 Å². The molecule has 1 aliphatic carbocycles. The molecule has 146 valence electrons. The van der Waals surface area contributed by atoms with Crippen LogP contribution in [0.2, 0.25) is 0 Å². The highest BCUT2D eigenvalue weighted by Crippen LogP contribution is 2.30. The molecule has 1 aromatic carbocycles. The Morgan fingerprint density at radius 3 is 2.70 bits per heavy atom. The average molecular weight is 393 g/mol. The zero-order chi connectivity index (χ0) is 19.0. The molecule has 8 nitrogen and oxygen atoms in total. The molecular formula is C18H23N3O5S. The van der Waals surface area contributed by atoms with Crippen molar-refractivity contribution in [3.05, 3.63) is 24.0 Å². The summed E-state index contributed by atoms with van der Waals surface area (Å²) in [6, 6.07) is 4.98. The van der Waals surface area contributed by atoms with Gasteiger partial charge in [0, 0.05) is 19.6 Å². The molecule has 0 unspecified atom stereocenters. The minimum Gasteiger partial charge on any atom is -0.457 e. The molecule has 0 radical (unpaired) electrons. The maximum absolute atomic E-state index is 12.9. The zero-order valence-electron chi connectivity index (χ0n) is 15.3. The highest BCUT2D eigenvalue weighted by Gasteiger charge is 2.31. The number of ether oxygens (including phenoxy) is 2. The van der Waals surface area contributed by atoms with E-state index >= 15 is 0 Å². The molecule has 0 amide bonds. The molecule has 4 rings (SSSR count). The predicted octanol–water partition coefficient (Wildman–Crippen LogP) is 1.53. The minimum absolute atomic E-state index is 0.0368. The van der Waals surface area contributed by atoms with E-state index in [2.05, 4.69) is 4.98 Å². The molecule has 1 saturated carbocycles. The fraction of sp³-hybridized carbons (Fsp3) is 0.556. The molecule has 2 aliphatic rings. The lowest BCUT2D eigenvalue weighted by molar-refractivity contribution is -0.146. The van der Waals surface area contributed by atoms with Gasteiger partial charge < -0.3 is 14.0 Å². The van der Waals surface area contributed by atoms with Gasteiger partial charge in [0.1, 0.15) is 12.4 Å². The van der Waals surface area contributed by atoms with Crippen LogP contribution in [0.25, 0.3) is 11.0 Å².